The first-order valence-corrected chi connectivity index (χ1v) is 6.61. The lowest BCUT2D eigenvalue weighted by Crippen LogP contribution is -2.37. The lowest BCUT2D eigenvalue weighted by molar-refractivity contribution is 0.140. The summed E-state index contributed by atoms with van der Waals surface area (Å²) in [4.78, 5) is 4.29. The third kappa shape index (κ3) is 4.72. The van der Waals surface area contributed by atoms with Gasteiger partial charge in [-0.25, -0.2) is 9.67 Å². The van der Waals surface area contributed by atoms with Gasteiger partial charge in [-0.3, -0.25) is 11.3 Å². The van der Waals surface area contributed by atoms with Gasteiger partial charge in [-0.15, -0.1) is 0 Å². The van der Waals surface area contributed by atoms with E-state index in [0.717, 1.165) is 38.3 Å². The second-order valence-electron chi connectivity index (χ2n) is 4.62. The quantitative estimate of drug-likeness (QED) is 0.392. The van der Waals surface area contributed by atoms with Gasteiger partial charge in [0.25, 0.3) is 0 Å². The number of aromatic nitrogens is 3. The van der Waals surface area contributed by atoms with Crippen molar-refractivity contribution in [1.29, 1.82) is 0 Å². The molecule has 0 aliphatic carbocycles. The Morgan fingerprint density at radius 1 is 1.50 bits per heavy atom. The summed E-state index contributed by atoms with van der Waals surface area (Å²) >= 11 is 0. The van der Waals surface area contributed by atoms with E-state index in [4.69, 9.17) is 10.6 Å². The maximum atomic E-state index is 5.58. The third-order valence-electron chi connectivity index (χ3n) is 2.85. The van der Waals surface area contributed by atoms with Gasteiger partial charge in [0.2, 0.25) is 0 Å². The Hall–Kier alpha value is -0.980. The predicted octanol–water partition coefficient (Wildman–Crippen LogP) is 1.05. The number of hydrogen-bond donors (Lipinski definition) is 2. The van der Waals surface area contributed by atoms with Gasteiger partial charge < -0.3 is 4.74 Å². The van der Waals surface area contributed by atoms with E-state index in [0.29, 0.717) is 6.04 Å². The molecular formula is C12H25N5O. The second-order valence-corrected chi connectivity index (χ2v) is 4.62. The molecule has 1 heterocycles. The summed E-state index contributed by atoms with van der Waals surface area (Å²) in [6.07, 6.45) is 4.36. The Kier molecular flexibility index (Phi) is 6.85. The SMILES string of the molecule is CCOCCCC(Cc1ncnn1C(C)C)NN. The summed E-state index contributed by atoms with van der Waals surface area (Å²) < 4.78 is 7.26. The van der Waals surface area contributed by atoms with Gasteiger partial charge in [0.15, 0.2) is 0 Å². The van der Waals surface area contributed by atoms with E-state index in [1.54, 1.807) is 6.33 Å². The van der Waals surface area contributed by atoms with Crippen molar-refractivity contribution >= 4 is 0 Å². The van der Waals surface area contributed by atoms with E-state index in [9.17, 15) is 0 Å². The molecule has 0 bridgehead atoms. The molecule has 0 aliphatic heterocycles. The minimum absolute atomic E-state index is 0.215. The van der Waals surface area contributed by atoms with E-state index in [1.165, 1.54) is 0 Å². The molecule has 0 fully saturated rings. The van der Waals surface area contributed by atoms with Gasteiger partial charge in [-0.2, -0.15) is 5.10 Å². The van der Waals surface area contributed by atoms with E-state index in [2.05, 4.69) is 29.4 Å². The molecule has 1 unspecified atom stereocenters. The zero-order chi connectivity index (χ0) is 13.4. The van der Waals surface area contributed by atoms with Crippen molar-refractivity contribution in [3.8, 4) is 0 Å². The first kappa shape index (κ1) is 15.1. The van der Waals surface area contributed by atoms with E-state index >= 15 is 0 Å². The minimum atomic E-state index is 0.215. The van der Waals surface area contributed by atoms with Crippen molar-refractivity contribution in [1.82, 2.24) is 20.2 Å². The van der Waals surface area contributed by atoms with Crippen molar-refractivity contribution in [2.24, 2.45) is 5.84 Å². The van der Waals surface area contributed by atoms with Gasteiger partial charge in [-0.05, 0) is 33.6 Å². The van der Waals surface area contributed by atoms with Crippen molar-refractivity contribution in [2.45, 2.75) is 52.1 Å². The van der Waals surface area contributed by atoms with Crippen molar-refractivity contribution in [3.63, 3.8) is 0 Å². The third-order valence-corrected chi connectivity index (χ3v) is 2.85. The predicted molar refractivity (Wildman–Crippen MR) is 70.9 cm³/mol. The average molecular weight is 255 g/mol. The van der Waals surface area contributed by atoms with Gasteiger partial charge in [-0.1, -0.05) is 0 Å². The van der Waals surface area contributed by atoms with Crippen LogP contribution in [0.3, 0.4) is 0 Å². The molecule has 1 rings (SSSR count). The highest BCUT2D eigenvalue weighted by molar-refractivity contribution is 4.90. The summed E-state index contributed by atoms with van der Waals surface area (Å²) in [5.41, 5.74) is 2.85. The summed E-state index contributed by atoms with van der Waals surface area (Å²) in [7, 11) is 0. The highest BCUT2D eigenvalue weighted by atomic mass is 16.5. The van der Waals surface area contributed by atoms with Crippen molar-refractivity contribution in [3.05, 3.63) is 12.2 Å². The molecule has 0 saturated heterocycles. The average Bonchev–Trinajstić information content (AvgIpc) is 2.81. The lowest BCUT2D eigenvalue weighted by Gasteiger charge is -2.17. The number of nitrogens with two attached hydrogens (primary N) is 1. The molecule has 104 valence electrons. The summed E-state index contributed by atoms with van der Waals surface area (Å²) in [5, 5.41) is 4.23. The van der Waals surface area contributed by atoms with Crippen LogP contribution in [0.1, 0.15) is 45.5 Å². The highest BCUT2D eigenvalue weighted by Crippen LogP contribution is 2.09. The fraction of sp³-hybridized carbons (Fsp3) is 0.833. The van der Waals surface area contributed by atoms with Gasteiger partial charge in [0, 0.05) is 31.7 Å². The van der Waals surface area contributed by atoms with Gasteiger partial charge >= 0.3 is 0 Å². The largest absolute Gasteiger partial charge is 0.382 e. The van der Waals surface area contributed by atoms with Crippen LogP contribution in [0.15, 0.2) is 6.33 Å². The van der Waals surface area contributed by atoms with Crippen LogP contribution in [0.25, 0.3) is 0 Å². The number of hydrogen-bond acceptors (Lipinski definition) is 5. The van der Waals surface area contributed by atoms with Gasteiger partial charge in [0.05, 0.1) is 0 Å². The smallest absolute Gasteiger partial charge is 0.138 e. The Labute approximate surface area is 109 Å². The fourth-order valence-corrected chi connectivity index (χ4v) is 1.89. The standard InChI is InChI=1S/C12H25N5O/c1-4-18-7-5-6-11(16-13)8-12-14-9-15-17(12)10(2)3/h9-11,16H,4-8,13H2,1-3H3. The molecule has 1 atom stereocenters. The first-order chi connectivity index (χ1) is 8.69. The number of hydrazine groups is 1. The Morgan fingerprint density at radius 2 is 2.28 bits per heavy atom. The van der Waals surface area contributed by atoms with Crippen LogP contribution >= 0.6 is 0 Å². The van der Waals surface area contributed by atoms with Crippen LogP contribution in [-0.2, 0) is 11.2 Å². The maximum Gasteiger partial charge on any atom is 0.138 e. The normalized spacial score (nSPS) is 13.2. The monoisotopic (exact) mass is 255 g/mol. The van der Waals surface area contributed by atoms with Crippen LogP contribution in [0.4, 0.5) is 0 Å². The molecule has 1 aromatic rings. The summed E-state index contributed by atoms with van der Waals surface area (Å²) in [5.74, 6) is 6.56. The molecule has 0 saturated carbocycles. The minimum Gasteiger partial charge on any atom is -0.382 e. The molecular weight excluding hydrogens is 230 g/mol. The van der Waals surface area contributed by atoms with Crippen LogP contribution in [0.2, 0.25) is 0 Å². The maximum absolute atomic E-state index is 5.58. The highest BCUT2D eigenvalue weighted by Gasteiger charge is 2.13. The van der Waals surface area contributed by atoms with Crippen LogP contribution in [0, 0.1) is 0 Å². The topological polar surface area (TPSA) is 78.0 Å². The number of nitrogens with zero attached hydrogens (tertiary/aromatic N) is 3. The molecule has 0 radical (unpaired) electrons. The van der Waals surface area contributed by atoms with Crippen molar-refractivity contribution in [2.75, 3.05) is 13.2 Å². The Morgan fingerprint density at radius 3 is 2.89 bits per heavy atom. The zero-order valence-electron chi connectivity index (χ0n) is 11.6. The molecule has 6 heteroatoms. The summed E-state index contributed by atoms with van der Waals surface area (Å²) in [6, 6.07) is 0.538. The molecule has 0 aromatic carbocycles. The lowest BCUT2D eigenvalue weighted by atomic mass is 10.1. The van der Waals surface area contributed by atoms with E-state index < -0.39 is 0 Å². The molecule has 3 N–H and O–H groups in total. The van der Waals surface area contributed by atoms with Crippen LogP contribution in [-0.4, -0.2) is 34.0 Å². The number of nitrogens with one attached hydrogen (secondary N) is 1. The Balaban J connectivity index is 2.44. The zero-order valence-corrected chi connectivity index (χ0v) is 11.6. The summed E-state index contributed by atoms with van der Waals surface area (Å²) in [6.45, 7) is 7.74. The van der Waals surface area contributed by atoms with Crippen LogP contribution in [0.5, 0.6) is 0 Å². The number of ether oxygens (including phenoxy) is 1. The van der Waals surface area contributed by atoms with E-state index in [-0.39, 0.29) is 6.04 Å². The fourth-order valence-electron chi connectivity index (χ4n) is 1.89. The molecule has 0 spiro atoms. The molecule has 1 aromatic heterocycles. The first-order valence-electron chi connectivity index (χ1n) is 6.61. The Bertz CT molecular complexity index is 326. The number of rotatable bonds is 9. The second kappa shape index (κ2) is 8.18. The molecule has 6 nitrogen and oxygen atoms in total. The molecule has 18 heavy (non-hydrogen) atoms. The van der Waals surface area contributed by atoms with Crippen LogP contribution < -0.4 is 11.3 Å². The van der Waals surface area contributed by atoms with E-state index in [1.807, 2.05) is 11.6 Å². The molecule has 0 aliphatic rings. The van der Waals surface area contributed by atoms with Gasteiger partial charge in [0.1, 0.15) is 12.2 Å². The molecule has 0 amide bonds. The van der Waals surface area contributed by atoms with Crippen molar-refractivity contribution < 1.29 is 4.74 Å².